The zero-order valence-corrected chi connectivity index (χ0v) is 22.4. The van der Waals surface area contributed by atoms with Crippen molar-refractivity contribution >= 4 is 0 Å². The number of aliphatic hydroxyl groups is 3. The van der Waals surface area contributed by atoms with Crippen molar-refractivity contribution in [1.82, 2.24) is 0 Å². The van der Waals surface area contributed by atoms with Crippen molar-refractivity contribution in [1.29, 1.82) is 0 Å². The molecule has 0 amide bonds. The van der Waals surface area contributed by atoms with Crippen molar-refractivity contribution in [3.63, 3.8) is 0 Å². The molecule has 0 aromatic carbocycles. The predicted molar refractivity (Wildman–Crippen MR) is 137 cm³/mol. The van der Waals surface area contributed by atoms with E-state index in [0.717, 1.165) is 25.2 Å². The third kappa shape index (κ3) is 4.94. The third-order valence-electron chi connectivity index (χ3n) is 10.4. The quantitative estimate of drug-likeness (QED) is 0.369. The normalized spacial score (nSPS) is 40.6. The second kappa shape index (κ2) is 10.00. The van der Waals surface area contributed by atoms with Gasteiger partial charge in [0.15, 0.2) is 0 Å². The molecule has 0 aromatic heterocycles. The second-order valence-electron chi connectivity index (χ2n) is 13.3. The molecule has 4 aliphatic carbocycles. The standard InChI is InChI=1S/C30H50O4/c1-20(8-6-14-28(2,3)33)23-11-12-24-22-10-9-21-18-26(32)27(34-17-7-16-31)19-30(21,5)25(22)13-15-29(23,24)4/h9-10,20,23-27,31-33H,6-8,11-19H2,1-5H3/t20?,23-,24?,25?,26-,27+,29-,30+/m1/s1. The molecule has 3 N–H and O–H groups in total. The predicted octanol–water partition coefficient (Wildman–Crippen LogP) is 5.80. The van der Waals surface area contributed by atoms with Crippen LogP contribution in [0.1, 0.15) is 98.8 Å². The first kappa shape index (κ1) is 26.4. The molecule has 0 heterocycles. The second-order valence-corrected chi connectivity index (χ2v) is 13.3. The number of rotatable bonds is 9. The number of allylic oxidation sites excluding steroid dienone is 3. The fourth-order valence-corrected chi connectivity index (χ4v) is 8.51. The van der Waals surface area contributed by atoms with E-state index in [1.165, 1.54) is 37.7 Å². The number of ether oxygens (including phenoxy) is 1. The van der Waals surface area contributed by atoms with E-state index in [2.05, 4.69) is 32.9 Å². The van der Waals surface area contributed by atoms with Crippen molar-refractivity contribution in [2.24, 2.45) is 34.5 Å². The maximum Gasteiger partial charge on any atom is 0.0845 e. The number of fused-ring (bicyclic) bond motifs is 5. The first-order valence-corrected chi connectivity index (χ1v) is 14.0. The molecule has 34 heavy (non-hydrogen) atoms. The van der Waals surface area contributed by atoms with E-state index in [9.17, 15) is 10.2 Å². The summed E-state index contributed by atoms with van der Waals surface area (Å²) in [5.74, 6) is 2.70. The van der Waals surface area contributed by atoms with Crippen LogP contribution >= 0.6 is 0 Å². The van der Waals surface area contributed by atoms with E-state index in [-0.39, 0.29) is 18.1 Å². The Balaban J connectivity index is 1.48. The largest absolute Gasteiger partial charge is 0.396 e. The molecule has 3 unspecified atom stereocenters. The summed E-state index contributed by atoms with van der Waals surface area (Å²) in [6.07, 6.45) is 14.8. The zero-order valence-electron chi connectivity index (χ0n) is 22.4. The van der Waals surface area contributed by atoms with Gasteiger partial charge in [-0.2, -0.15) is 0 Å². The van der Waals surface area contributed by atoms with Crippen LogP contribution in [-0.4, -0.2) is 46.3 Å². The molecule has 8 atom stereocenters. The Morgan fingerprint density at radius 2 is 1.88 bits per heavy atom. The van der Waals surface area contributed by atoms with Crippen LogP contribution in [0.5, 0.6) is 0 Å². The number of aliphatic hydroxyl groups excluding tert-OH is 2. The molecule has 0 spiro atoms. The molecular formula is C30H50O4. The molecule has 4 nitrogen and oxygen atoms in total. The van der Waals surface area contributed by atoms with Crippen LogP contribution in [0, 0.1) is 34.5 Å². The molecule has 4 rings (SSSR count). The van der Waals surface area contributed by atoms with Gasteiger partial charge >= 0.3 is 0 Å². The highest BCUT2D eigenvalue weighted by Gasteiger charge is 2.57. The average molecular weight is 475 g/mol. The number of hydrogen-bond acceptors (Lipinski definition) is 4. The Hall–Kier alpha value is -0.680. The highest BCUT2D eigenvalue weighted by atomic mass is 16.5. The van der Waals surface area contributed by atoms with Gasteiger partial charge in [0.1, 0.15) is 0 Å². The lowest BCUT2D eigenvalue weighted by Gasteiger charge is -2.56. The van der Waals surface area contributed by atoms with Crippen LogP contribution < -0.4 is 0 Å². The van der Waals surface area contributed by atoms with Gasteiger partial charge in [-0.3, -0.25) is 0 Å². The van der Waals surface area contributed by atoms with Crippen LogP contribution in [0.4, 0.5) is 0 Å². The molecule has 0 saturated heterocycles. The van der Waals surface area contributed by atoms with Gasteiger partial charge in [-0.05, 0) is 99.7 Å². The number of hydrogen-bond donors (Lipinski definition) is 3. The van der Waals surface area contributed by atoms with Crippen LogP contribution in [-0.2, 0) is 4.74 Å². The summed E-state index contributed by atoms with van der Waals surface area (Å²) in [5, 5.41) is 30.0. The van der Waals surface area contributed by atoms with Gasteiger partial charge in [0, 0.05) is 13.2 Å². The summed E-state index contributed by atoms with van der Waals surface area (Å²) in [4.78, 5) is 0. The van der Waals surface area contributed by atoms with Gasteiger partial charge < -0.3 is 20.1 Å². The van der Waals surface area contributed by atoms with Gasteiger partial charge in [0.2, 0.25) is 0 Å². The first-order valence-electron chi connectivity index (χ1n) is 14.0. The topological polar surface area (TPSA) is 69.9 Å². The van der Waals surface area contributed by atoms with E-state index >= 15 is 0 Å². The average Bonchev–Trinajstić information content (AvgIpc) is 3.11. The molecule has 4 aliphatic rings. The first-order chi connectivity index (χ1) is 16.0. The summed E-state index contributed by atoms with van der Waals surface area (Å²) in [5.41, 5.74) is 2.99. The molecule has 0 bridgehead atoms. The Kier molecular flexibility index (Phi) is 7.76. The summed E-state index contributed by atoms with van der Waals surface area (Å²) in [6.45, 7) is 12.0. The zero-order chi connectivity index (χ0) is 24.7. The lowest BCUT2D eigenvalue weighted by molar-refractivity contribution is -0.0860. The van der Waals surface area contributed by atoms with Crippen molar-refractivity contribution in [2.75, 3.05) is 13.2 Å². The van der Waals surface area contributed by atoms with Crippen LogP contribution in [0.15, 0.2) is 23.3 Å². The Morgan fingerprint density at radius 3 is 2.59 bits per heavy atom. The molecule has 0 aromatic rings. The Morgan fingerprint density at radius 1 is 1.12 bits per heavy atom. The van der Waals surface area contributed by atoms with E-state index in [4.69, 9.17) is 9.84 Å². The minimum absolute atomic E-state index is 0.0743. The summed E-state index contributed by atoms with van der Waals surface area (Å²) in [6, 6.07) is 0. The molecule has 0 radical (unpaired) electrons. The highest BCUT2D eigenvalue weighted by molar-refractivity contribution is 5.39. The highest BCUT2D eigenvalue weighted by Crippen LogP contribution is 2.66. The fourth-order valence-electron chi connectivity index (χ4n) is 8.51. The molecule has 3 saturated carbocycles. The molecule has 194 valence electrons. The van der Waals surface area contributed by atoms with Gasteiger partial charge in [-0.15, -0.1) is 0 Å². The maximum atomic E-state index is 10.8. The van der Waals surface area contributed by atoms with Gasteiger partial charge in [0.25, 0.3) is 0 Å². The molecule has 3 fully saturated rings. The smallest absolute Gasteiger partial charge is 0.0845 e. The SMILES string of the molecule is CC(CCCC(C)(C)O)[C@H]1CCC2C3=CC=C4C[C@@H](O)[C@@H](OCCCO)C[C@]4(C)C3CC[C@@]21C. The molecule has 0 aliphatic heterocycles. The lowest BCUT2D eigenvalue weighted by Crippen LogP contribution is -2.50. The van der Waals surface area contributed by atoms with E-state index in [1.807, 2.05) is 13.8 Å². The van der Waals surface area contributed by atoms with E-state index in [0.29, 0.717) is 42.6 Å². The van der Waals surface area contributed by atoms with Crippen molar-refractivity contribution < 1.29 is 20.1 Å². The van der Waals surface area contributed by atoms with E-state index in [1.54, 1.807) is 5.57 Å². The monoisotopic (exact) mass is 474 g/mol. The third-order valence-corrected chi connectivity index (χ3v) is 10.4. The van der Waals surface area contributed by atoms with Crippen LogP contribution in [0.25, 0.3) is 0 Å². The van der Waals surface area contributed by atoms with Crippen molar-refractivity contribution in [3.8, 4) is 0 Å². The Bertz CT molecular complexity index is 779. The van der Waals surface area contributed by atoms with Gasteiger partial charge in [0.05, 0.1) is 17.8 Å². The fraction of sp³-hybridized carbons (Fsp3) is 0.867. The summed E-state index contributed by atoms with van der Waals surface area (Å²) >= 11 is 0. The minimum atomic E-state index is -0.556. The molecular weight excluding hydrogens is 424 g/mol. The maximum absolute atomic E-state index is 10.8. The van der Waals surface area contributed by atoms with E-state index < -0.39 is 11.7 Å². The van der Waals surface area contributed by atoms with Crippen molar-refractivity contribution in [3.05, 3.63) is 23.3 Å². The minimum Gasteiger partial charge on any atom is -0.396 e. The van der Waals surface area contributed by atoms with Crippen LogP contribution in [0.3, 0.4) is 0 Å². The lowest BCUT2D eigenvalue weighted by atomic mass is 9.49. The van der Waals surface area contributed by atoms with Crippen LogP contribution in [0.2, 0.25) is 0 Å². The summed E-state index contributed by atoms with van der Waals surface area (Å²) < 4.78 is 6.07. The van der Waals surface area contributed by atoms with Crippen molar-refractivity contribution in [2.45, 2.75) is 117 Å². The summed E-state index contributed by atoms with van der Waals surface area (Å²) in [7, 11) is 0. The van der Waals surface area contributed by atoms with Gasteiger partial charge in [-0.25, -0.2) is 0 Å². The van der Waals surface area contributed by atoms with Gasteiger partial charge in [-0.1, -0.05) is 56.9 Å². The molecule has 4 heteroatoms. The Labute approximate surface area is 207 Å².